The lowest BCUT2D eigenvalue weighted by Crippen LogP contribution is -2.12. The molecule has 1 aliphatic rings. The fourth-order valence-electron chi connectivity index (χ4n) is 4.36. The number of carbonyl (C=O) groups is 1. The summed E-state index contributed by atoms with van der Waals surface area (Å²) in [7, 11) is 0. The maximum atomic E-state index is 12.8. The average molecular weight is 618 g/mol. The molecular weight excluding hydrogens is 588 g/mol. The average Bonchev–Trinajstić information content (AvgIpc) is 3.42. The van der Waals surface area contributed by atoms with E-state index in [0.717, 1.165) is 32.3 Å². The molecule has 0 spiro atoms. The number of hydrogen-bond donors (Lipinski definition) is 1. The highest BCUT2D eigenvalue weighted by molar-refractivity contribution is 9.10. The number of hydrogen-bond acceptors (Lipinski definition) is 6. The quantitative estimate of drug-likeness (QED) is 0.202. The number of aliphatic hydroxyl groups is 1. The van der Waals surface area contributed by atoms with Gasteiger partial charge in [-0.05, 0) is 69.3 Å². The van der Waals surface area contributed by atoms with Gasteiger partial charge in [0.1, 0.15) is 28.7 Å². The van der Waals surface area contributed by atoms with E-state index in [2.05, 4.69) is 31.6 Å². The van der Waals surface area contributed by atoms with E-state index in [1.165, 1.54) is 17.3 Å². The van der Waals surface area contributed by atoms with Gasteiger partial charge in [-0.25, -0.2) is 9.79 Å². The number of aromatic nitrogens is 1. The Morgan fingerprint density at radius 3 is 2.45 bits per heavy atom. The van der Waals surface area contributed by atoms with Crippen LogP contribution in [0.2, 0.25) is 0 Å². The molecule has 1 N–H and O–H groups in total. The number of halogens is 1. The van der Waals surface area contributed by atoms with Gasteiger partial charge in [-0.15, -0.1) is 0 Å². The third-order valence-corrected chi connectivity index (χ3v) is 7.93. The molecule has 1 aromatic heterocycles. The number of esters is 1. The fraction of sp³-hybridized carbons (Fsp3) is 0.188. The van der Waals surface area contributed by atoms with Gasteiger partial charge in [-0.3, -0.25) is 0 Å². The first-order valence-corrected chi connectivity index (χ1v) is 14.6. The van der Waals surface area contributed by atoms with Crippen molar-refractivity contribution in [3.05, 3.63) is 110 Å². The van der Waals surface area contributed by atoms with Gasteiger partial charge in [0.05, 0.1) is 23.7 Å². The minimum Gasteiger partial charge on any atom is -0.506 e. The highest BCUT2D eigenvalue weighted by atomic mass is 79.9. The van der Waals surface area contributed by atoms with Gasteiger partial charge in [-0.2, -0.15) is 0 Å². The van der Waals surface area contributed by atoms with Gasteiger partial charge in [0.2, 0.25) is 0 Å². The number of aryl methyl sites for hydroxylation is 2. The highest BCUT2D eigenvalue weighted by Gasteiger charge is 2.33. The Labute approximate surface area is 246 Å². The molecular formula is C32H29BrN2O4S. The number of nitrogens with zero attached hydrogens (tertiary/aromatic N) is 2. The Kier molecular flexibility index (Phi) is 8.47. The maximum absolute atomic E-state index is 12.8. The molecule has 8 heteroatoms. The zero-order valence-corrected chi connectivity index (χ0v) is 24.9. The van der Waals surface area contributed by atoms with E-state index in [4.69, 9.17) is 9.47 Å². The minimum absolute atomic E-state index is 0.0788. The van der Waals surface area contributed by atoms with E-state index in [-0.39, 0.29) is 17.9 Å². The summed E-state index contributed by atoms with van der Waals surface area (Å²) in [5, 5.41) is 12.6. The normalized spacial score (nSPS) is 15.4. The Morgan fingerprint density at radius 2 is 1.75 bits per heavy atom. The van der Waals surface area contributed by atoms with Crippen molar-refractivity contribution in [2.45, 2.75) is 27.3 Å². The van der Waals surface area contributed by atoms with E-state index in [1.807, 2.05) is 86.8 Å². The summed E-state index contributed by atoms with van der Waals surface area (Å²) in [4.78, 5) is 18.0. The number of ether oxygens (including phenoxy) is 2. The third-order valence-electron chi connectivity index (χ3n) is 6.42. The van der Waals surface area contributed by atoms with Crippen LogP contribution in [-0.2, 0) is 16.1 Å². The van der Waals surface area contributed by atoms with Crippen molar-refractivity contribution >= 4 is 61.4 Å². The zero-order valence-electron chi connectivity index (χ0n) is 22.5. The van der Waals surface area contributed by atoms with E-state index in [0.29, 0.717) is 28.8 Å². The monoisotopic (exact) mass is 616 g/mol. The topological polar surface area (TPSA) is 73.0 Å². The molecule has 0 radical (unpaired) electrons. The van der Waals surface area contributed by atoms with Gasteiger partial charge < -0.3 is 19.1 Å². The Balaban J connectivity index is 1.49. The van der Waals surface area contributed by atoms with E-state index >= 15 is 0 Å². The molecule has 6 nitrogen and oxygen atoms in total. The van der Waals surface area contributed by atoms with Crippen molar-refractivity contribution in [3.8, 4) is 5.75 Å². The van der Waals surface area contributed by atoms with Crippen molar-refractivity contribution < 1.29 is 19.4 Å². The molecule has 40 heavy (non-hydrogen) atoms. The number of fused-ring (bicyclic) bond motifs is 1. The lowest BCUT2D eigenvalue weighted by Gasteiger charge is -2.08. The molecule has 3 aromatic carbocycles. The molecule has 2 heterocycles. The molecule has 0 bridgehead atoms. The number of carbonyl (C=O) groups excluding carboxylic acids is 1. The third kappa shape index (κ3) is 6.18. The van der Waals surface area contributed by atoms with E-state index in [9.17, 15) is 9.90 Å². The molecule has 0 unspecified atom stereocenters. The lowest BCUT2D eigenvalue weighted by molar-refractivity contribution is -0.138. The van der Waals surface area contributed by atoms with Gasteiger partial charge >= 0.3 is 5.97 Å². The first kappa shape index (κ1) is 27.8. The summed E-state index contributed by atoms with van der Waals surface area (Å²) in [5.74, 6) is 0.101. The van der Waals surface area contributed by atoms with Crippen LogP contribution in [0.25, 0.3) is 17.0 Å². The van der Waals surface area contributed by atoms with Crippen molar-refractivity contribution in [2.75, 3.05) is 13.2 Å². The molecule has 4 aromatic rings. The number of aliphatic imine (C=N–C) groups is 1. The molecule has 1 aliphatic heterocycles. The second kappa shape index (κ2) is 12.2. The number of aliphatic hydroxyl groups excluding tert-OH is 1. The smallest absolute Gasteiger partial charge is 0.344 e. The summed E-state index contributed by atoms with van der Waals surface area (Å²) in [5.41, 5.74) is 5.01. The van der Waals surface area contributed by atoms with Crippen molar-refractivity contribution in [1.82, 2.24) is 4.57 Å². The molecule has 0 fully saturated rings. The van der Waals surface area contributed by atoms with Gasteiger partial charge in [-0.1, -0.05) is 63.1 Å². The van der Waals surface area contributed by atoms with Crippen LogP contribution in [0, 0.1) is 13.8 Å². The van der Waals surface area contributed by atoms with Crippen LogP contribution in [0.15, 0.2) is 98.6 Å². The fourth-order valence-corrected chi connectivity index (χ4v) is 5.75. The van der Waals surface area contributed by atoms with Crippen molar-refractivity contribution in [2.24, 2.45) is 4.99 Å². The molecule has 0 aliphatic carbocycles. The summed E-state index contributed by atoms with van der Waals surface area (Å²) in [6.07, 6.45) is 3.93. The van der Waals surface area contributed by atoms with Gasteiger partial charge in [0.15, 0.2) is 0 Å². The lowest BCUT2D eigenvalue weighted by atomic mass is 10.1. The largest absolute Gasteiger partial charge is 0.506 e. The van der Waals surface area contributed by atoms with Crippen LogP contribution >= 0.6 is 27.7 Å². The zero-order chi connectivity index (χ0) is 28.2. The Hall–Kier alpha value is -3.75. The number of thioether (sulfide) groups is 1. The van der Waals surface area contributed by atoms with Crippen LogP contribution < -0.4 is 4.74 Å². The summed E-state index contributed by atoms with van der Waals surface area (Å²) < 4.78 is 14.3. The summed E-state index contributed by atoms with van der Waals surface area (Å²) in [6, 6.07) is 21.8. The predicted octanol–water partition coefficient (Wildman–Crippen LogP) is 8.29. The maximum Gasteiger partial charge on any atom is 0.344 e. The van der Waals surface area contributed by atoms with E-state index < -0.39 is 5.97 Å². The highest BCUT2D eigenvalue weighted by Crippen LogP contribution is 2.41. The standard InChI is InChI=1S/C32H29BrN2O4S/c1-4-38-32(37)29-30(36)28(40-31(29)34-24-10-5-20(2)6-11-24)17-22-19-35(27-14-9-23(33)18-26(22)27)15-16-39-25-12-7-21(3)8-13-25/h5-14,17-19,36H,4,15-16H2,1-3H3/b28-17-,34-31?. The summed E-state index contributed by atoms with van der Waals surface area (Å²) >= 11 is 4.84. The van der Waals surface area contributed by atoms with Crippen LogP contribution in [0.5, 0.6) is 5.75 Å². The van der Waals surface area contributed by atoms with Crippen LogP contribution in [0.4, 0.5) is 5.69 Å². The molecule has 0 amide bonds. The number of benzene rings is 3. The second-order valence-electron chi connectivity index (χ2n) is 9.41. The van der Waals surface area contributed by atoms with Crippen LogP contribution in [0.1, 0.15) is 23.6 Å². The predicted molar refractivity (Wildman–Crippen MR) is 166 cm³/mol. The number of rotatable bonds is 8. The second-order valence-corrected chi connectivity index (χ2v) is 11.4. The molecule has 0 atom stereocenters. The molecule has 0 saturated carbocycles. The Bertz CT molecular complexity index is 1650. The first-order chi connectivity index (χ1) is 19.3. The Morgan fingerprint density at radius 1 is 1.05 bits per heavy atom. The SMILES string of the molecule is CCOC(=O)C1=C(O)/C(=C/c2cn(CCOc3ccc(C)cc3)c3ccc(Br)cc23)SC1=Nc1ccc(C)cc1. The minimum atomic E-state index is -0.597. The van der Waals surface area contributed by atoms with Crippen LogP contribution in [-0.4, -0.2) is 33.9 Å². The van der Waals surface area contributed by atoms with Crippen molar-refractivity contribution in [3.63, 3.8) is 0 Å². The van der Waals surface area contributed by atoms with Crippen LogP contribution in [0.3, 0.4) is 0 Å². The van der Waals surface area contributed by atoms with Crippen molar-refractivity contribution in [1.29, 1.82) is 0 Å². The van der Waals surface area contributed by atoms with E-state index in [1.54, 1.807) is 6.92 Å². The van der Waals surface area contributed by atoms with Gasteiger partial charge in [0, 0.05) is 27.1 Å². The molecule has 0 saturated heterocycles. The summed E-state index contributed by atoms with van der Waals surface area (Å²) in [6.45, 7) is 7.12. The first-order valence-electron chi connectivity index (χ1n) is 13.0. The van der Waals surface area contributed by atoms with Gasteiger partial charge in [0.25, 0.3) is 0 Å². The molecule has 5 rings (SSSR count). The molecule has 204 valence electrons.